The number of unbranched alkanes of at least 4 members (excludes halogenated alkanes) is 2. The molecule has 18 heavy (non-hydrogen) atoms. The van der Waals surface area contributed by atoms with Crippen molar-refractivity contribution in [2.75, 3.05) is 12.3 Å². The number of nitrogens with two attached hydrogens (primary N) is 1. The van der Waals surface area contributed by atoms with Crippen LogP contribution in [-0.4, -0.2) is 12.5 Å². The largest absolute Gasteiger partial charge is 0.399 e. The Balaban J connectivity index is 2.13. The molecule has 1 amide bonds. The van der Waals surface area contributed by atoms with E-state index in [1.807, 2.05) is 24.3 Å². The van der Waals surface area contributed by atoms with Crippen LogP contribution >= 0.6 is 0 Å². The van der Waals surface area contributed by atoms with Gasteiger partial charge in [-0.25, -0.2) is 0 Å². The molecule has 96 valence electrons. The summed E-state index contributed by atoms with van der Waals surface area (Å²) in [6.45, 7) is 0.711. The van der Waals surface area contributed by atoms with Gasteiger partial charge in [-0.05, 0) is 37.0 Å². The number of nitrogens with one attached hydrogen (secondary N) is 1. The Hall–Kier alpha value is -1.95. The molecule has 0 atom stereocenters. The summed E-state index contributed by atoms with van der Waals surface area (Å²) in [5.41, 5.74) is 7.47. The van der Waals surface area contributed by atoms with Crippen LogP contribution < -0.4 is 11.1 Å². The molecule has 0 heterocycles. The molecule has 1 aromatic rings. The molecule has 3 N–H and O–H groups in total. The maximum atomic E-state index is 11.5. The van der Waals surface area contributed by atoms with Gasteiger partial charge in [0.15, 0.2) is 0 Å². The molecule has 0 aliphatic heterocycles. The zero-order chi connectivity index (χ0) is 13.2. The van der Waals surface area contributed by atoms with Gasteiger partial charge in [0.25, 0.3) is 0 Å². The SMILES string of the molecule is C#CCCCCNC(=O)CCc1ccc(N)cc1. The summed E-state index contributed by atoms with van der Waals surface area (Å²) < 4.78 is 0. The molecule has 0 aromatic heterocycles. The summed E-state index contributed by atoms with van der Waals surface area (Å²) in [4.78, 5) is 11.5. The third kappa shape index (κ3) is 5.95. The van der Waals surface area contributed by atoms with E-state index >= 15 is 0 Å². The standard InChI is InChI=1S/C15H20N2O/c1-2-3-4-5-12-17-15(18)11-8-13-6-9-14(16)10-7-13/h1,6-7,9-10H,3-5,8,11-12,16H2,(H,17,18). The Morgan fingerprint density at radius 3 is 2.67 bits per heavy atom. The van der Waals surface area contributed by atoms with E-state index in [1.54, 1.807) is 0 Å². The average Bonchev–Trinajstić information content (AvgIpc) is 2.38. The van der Waals surface area contributed by atoms with E-state index in [0.29, 0.717) is 13.0 Å². The number of hydrogen-bond donors (Lipinski definition) is 2. The quantitative estimate of drug-likeness (QED) is 0.438. The van der Waals surface area contributed by atoms with Gasteiger partial charge in [-0.15, -0.1) is 12.3 Å². The zero-order valence-electron chi connectivity index (χ0n) is 10.6. The van der Waals surface area contributed by atoms with Gasteiger partial charge in [-0.2, -0.15) is 0 Å². The first-order valence-electron chi connectivity index (χ1n) is 6.27. The third-order valence-corrected chi connectivity index (χ3v) is 2.69. The van der Waals surface area contributed by atoms with Crippen molar-refractivity contribution in [3.05, 3.63) is 29.8 Å². The smallest absolute Gasteiger partial charge is 0.220 e. The molecule has 0 saturated heterocycles. The molecule has 0 saturated carbocycles. The van der Waals surface area contributed by atoms with Crippen LogP contribution in [0.15, 0.2) is 24.3 Å². The van der Waals surface area contributed by atoms with Gasteiger partial charge in [0.1, 0.15) is 0 Å². The number of terminal acetylenes is 1. The number of carbonyl (C=O) groups excluding carboxylic acids is 1. The first kappa shape index (κ1) is 14.1. The van der Waals surface area contributed by atoms with E-state index in [2.05, 4.69) is 11.2 Å². The van der Waals surface area contributed by atoms with E-state index in [0.717, 1.165) is 36.9 Å². The molecule has 0 fully saturated rings. The van der Waals surface area contributed by atoms with Crippen molar-refractivity contribution in [3.8, 4) is 12.3 Å². The van der Waals surface area contributed by atoms with Crippen LogP contribution in [0.2, 0.25) is 0 Å². The Bertz CT molecular complexity index is 403. The van der Waals surface area contributed by atoms with Crippen LogP contribution in [0, 0.1) is 12.3 Å². The van der Waals surface area contributed by atoms with Crippen molar-refractivity contribution in [2.45, 2.75) is 32.1 Å². The fourth-order valence-corrected chi connectivity index (χ4v) is 1.61. The van der Waals surface area contributed by atoms with Crippen LogP contribution in [0.1, 0.15) is 31.2 Å². The molecule has 0 aliphatic rings. The molecule has 1 aromatic carbocycles. The Labute approximate surface area is 109 Å². The zero-order valence-corrected chi connectivity index (χ0v) is 10.6. The number of rotatable bonds is 7. The normalized spacial score (nSPS) is 9.72. The Morgan fingerprint density at radius 1 is 1.28 bits per heavy atom. The van der Waals surface area contributed by atoms with Crippen molar-refractivity contribution in [1.82, 2.24) is 5.32 Å². The molecule has 0 spiro atoms. The van der Waals surface area contributed by atoms with Gasteiger partial charge < -0.3 is 11.1 Å². The first-order valence-corrected chi connectivity index (χ1v) is 6.27. The molecular weight excluding hydrogens is 224 g/mol. The van der Waals surface area contributed by atoms with Crippen LogP contribution in [0.5, 0.6) is 0 Å². The minimum atomic E-state index is 0.0903. The van der Waals surface area contributed by atoms with Crippen LogP contribution in [0.4, 0.5) is 5.69 Å². The number of benzene rings is 1. The molecular formula is C15H20N2O. The lowest BCUT2D eigenvalue weighted by Gasteiger charge is -2.05. The van der Waals surface area contributed by atoms with E-state index in [-0.39, 0.29) is 5.91 Å². The Kier molecular flexibility index (Phi) is 6.42. The Morgan fingerprint density at radius 2 is 2.00 bits per heavy atom. The lowest BCUT2D eigenvalue weighted by atomic mass is 10.1. The summed E-state index contributed by atoms with van der Waals surface area (Å²) in [5, 5.41) is 2.89. The van der Waals surface area contributed by atoms with Gasteiger partial charge in [0.2, 0.25) is 5.91 Å². The van der Waals surface area contributed by atoms with Crippen molar-refractivity contribution in [1.29, 1.82) is 0 Å². The maximum absolute atomic E-state index is 11.5. The van der Waals surface area contributed by atoms with E-state index in [1.165, 1.54) is 0 Å². The van der Waals surface area contributed by atoms with Crippen LogP contribution in [0.3, 0.4) is 0 Å². The molecule has 3 heteroatoms. The maximum Gasteiger partial charge on any atom is 0.220 e. The summed E-state index contributed by atoms with van der Waals surface area (Å²) in [6, 6.07) is 7.62. The number of hydrogen-bond acceptors (Lipinski definition) is 2. The third-order valence-electron chi connectivity index (χ3n) is 2.69. The molecule has 0 unspecified atom stereocenters. The summed E-state index contributed by atoms with van der Waals surface area (Å²) >= 11 is 0. The van der Waals surface area contributed by atoms with E-state index < -0.39 is 0 Å². The number of carbonyl (C=O) groups is 1. The van der Waals surface area contributed by atoms with E-state index in [4.69, 9.17) is 12.2 Å². The minimum Gasteiger partial charge on any atom is -0.399 e. The van der Waals surface area contributed by atoms with Crippen molar-refractivity contribution in [3.63, 3.8) is 0 Å². The van der Waals surface area contributed by atoms with Gasteiger partial charge in [0.05, 0.1) is 0 Å². The second kappa shape index (κ2) is 8.19. The fraction of sp³-hybridized carbons (Fsp3) is 0.400. The highest BCUT2D eigenvalue weighted by Crippen LogP contribution is 2.07. The predicted molar refractivity (Wildman–Crippen MR) is 74.9 cm³/mol. The second-order valence-electron chi connectivity index (χ2n) is 4.25. The highest BCUT2D eigenvalue weighted by atomic mass is 16.1. The minimum absolute atomic E-state index is 0.0903. The molecule has 0 bridgehead atoms. The molecule has 1 rings (SSSR count). The van der Waals surface area contributed by atoms with Crippen molar-refractivity contribution in [2.24, 2.45) is 0 Å². The van der Waals surface area contributed by atoms with Crippen molar-refractivity contribution < 1.29 is 4.79 Å². The fourth-order valence-electron chi connectivity index (χ4n) is 1.61. The monoisotopic (exact) mass is 244 g/mol. The lowest BCUT2D eigenvalue weighted by molar-refractivity contribution is -0.121. The summed E-state index contributed by atoms with van der Waals surface area (Å²) in [6.07, 6.45) is 9.09. The van der Waals surface area contributed by atoms with Crippen molar-refractivity contribution >= 4 is 11.6 Å². The second-order valence-corrected chi connectivity index (χ2v) is 4.25. The number of aryl methyl sites for hydroxylation is 1. The number of amides is 1. The number of nitrogen functional groups attached to an aromatic ring is 1. The summed E-state index contributed by atoms with van der Waals surface area (Å²) in [7, 11) is 0. The molecule has 0 radical (unpaired) electrons. The average molecular weight is 244 g/mol. The van der Waals surface area contributed by atoms with E-state index in [9.17, 15) is 4.79 Å². The summed E-state index contributed by atoms with van der Waals surface area (Å²) in [5.74, 6) is 2.67. The van der Waals surface area contributed by atoms with Gasteiger partial charge >= 0.3 is 0 Å². The van der Waals surface area contributed by atoms with Crippen LogP contribution in [0.25, 0.3) is 0 Å². The van der Waals surface area contributed by atoms with Crippen LogP contribution in [-0.2, 0) is 11.2 Å². The first-order chi connectivity index (χ1) is 8.72. The topological polar surface area (TPSA) is 55.1 Å². The highest BCUT2D eigenvalue weighted by molar-refractivity contribution is 5.76. The predicted octanol–water partition coefficient (Wildman–Crippen LogP) is 2.12. The van der Waals surface area contributed by atoms with Gasteiger partial charge in [-0.1, -0.05) is 12.1 Å². The lowest BCUT2D eigenvalue weighted by Crippen LogP contribution is -2.24. The number of anilines is 1. The molecule has 0 aliphatic carbocycles. The molecule has 3 nitrogen and oxygen atoms in total. The highest BCUT2D eigenvalue weighted by Gasteiger charge is 2.01. The van der Waals surface area contributed by atoms with Gasteiger partial charge in [-0.3, -0.25) is 4.79 Å². The van der Waals surface area contributed by atoms with Gasteiger partial charge in [0, 0.05) is 25.1 Å².